The van der Waals surface area contributed by atoms with Crippen molar-refractivity contribution in [2.45, 2.75) is 50.1 Å². The molecule has 2 aliphatic heterocycles. The van der Waals surface area contributed by atoms with Crippen molar-refractivity contribution in [2.24, 2.45) is 11.8 Å². The van der Waals surface area contributed by atoms with Crippen LogP contribution in [0.2, 0.25) is 0 Å². The number of aliphatic hydroxyl groups excluding tert-OH is 4. The zero-order valence-corrected chi connectivity index (χ0v) is 25.0. The summed E-state index contributed by atoms with van der Waals surface area (Å²) in [4.78, 5) is 52.3. The summed E-state index contributed by atoms with van der Waals surface area (Å²) in [6.45, 7) is 3.04. The van der Waals surface area contributed by atoms with Crippen LogP contribution in [0.15, 0.2) is 35.4 Å². The molecule has 0 radical (unpaired) electrons. The Balaban J connectivity index is 1.55. The number of Topliss-reactive ketones (excluding diaryl/α,β-unsaturated/α-hetero) is 2. The fourth-order valence-corrected chi connectivity index (χ4v) is 7.00. The maximum Gasteiger partial charge on any atom is 0.358 e. The fourth-order valence-electron chi connectivity index (χ4n) is 7.00. The predicted molar refractivity (Wildman–Crippen MR) is 155 cm³/mol. The molecule has 2 heterocycles. The van der Waals surface area contributed by atoms with Gasteiger partial charge in [0.15, 0.2) is 11.6 Å². The third-order valence-electron chi connectivity index (χ3n) is 9.26. The second-order valence-electron chi connectivity index (χ2n) is 11.9. The van der Waals surface area contributed by atoms with E-state index in [0.717, 1.165) is 14.2 Å². The summed E-state index contributed by atoms with van der Waals surface area (Å²) in [7, 11) is 2.04. The molecule has 6 N–H and O–H groups in total. The minimum absolute atomic E-state index is 0.163. The first-order valence-electron chi connectivity index (χ1n) is 14.3. The Morgan fingerprint density at radius 1 is 0.696 bits per heavy atom. The molecule has 0 saturated heterocycles. The van der Waals surface area contributed by atoms with Gasteiger partial charge in [0.25, 0.3) is 11.2 Å². The molecular formula is C32H30O14. The first-order valence-corrected chi connectivity index (χ1v) is 14.3. The molecule has 0 amide bonds. The van der Waals surface area contributed by atoms with E-state index < -0.39 is 104 Å². The minimum Gasteiger partial charge on any atom is -0.506 e. The molecule has 46 heavy (non-hydrogen) atoms. The van der Waals surface area contributed by atoms with Gasteiger partial charge in [-0.15, -0.1) is 0 Å². The molecule has 0 bridgehead atoms. The van der Waals surface area contributed by atoms with E-state index in [-0.39, 0.29) is 35.5 Å². The number of aromatic hydroxyl groups is 2. The molecule has 0 spiro atoms. The maximum atomic E-state index is 13.2. The van der Waals surface area contributed by atoms with Crippen LogP contribution in [0.1, 0.15) is 37.8 Å². The molecule has 2 fully saturated rings. The van der Waals surface area contributed by atoms with E-state index in [1.165, 1.54) is 38.1 Å². The van der Waals surface area contributed by atoms with Crippen molar-refractivity contribution in [3.05, 3.63) is 46.5 Å². The van der Waals surface area contributed by atoms with Crippen molar-refractivity contribution in [2.75, 3.05) is 14.2 Å². The maximum absolute atomic E-state index is 13.2. The molecule has 4 aliphatic rings. The van der Waals surface area contributed by atoms with E-state index in [0.29, 0.717) is 0 Å². The number of carbonyl (C=O) groups excluding carboxylic acids is 4. The normalized spacial score (nSPS) is 29.9. The Morgan fingerprint density at radius 3 is 1.37 bits per heavy atom. The lowest BCUT2D eigenvalue weighted by Crippen LogP contribution is -2.64. The molecule has 0 aromatic heterocycles. The number of ether oxygens (including phenoxy) is 4. The summed E-state index contributed by atoms with van der Waals surface area (Å²) in [5, 5.41) is 67.7. The number of fused-ring (bicyclic) bond motifs is 4. The number of methoxy groups -OCH3 is 2. The van der Waals surface area contributed by atoms with Gasteiger partial charge in [0.1, 0.15) is 57.9 Å². The zero-order chi connectivity index (χ0) is 33.6. The molecule has 2 saturated carbocycles. The number of hydrogen-bond donors (Lipinski definition) is 6. The van der Waals surface area contributed by atoms with Crippen LogP contribution in [0.3, 0.4) is 0 Å². The second kappa shape index (κ2) is 10.2. The molecule has 242 valence electrons. The van der Waals surface area contributed by atoms with E-state index in [2.05, 4.69) is 0 Å². The average Bonchev–Trinajstić information content (AvgIpc) is 3.01. The highest BCUT2D eigenvalue weighted by atomic mass is 16.6. The van der Waals surface area contributed by atoms with Crippen LogP contribution in [0.4, 0.5) is 0 Å². The van der Waals surface area contributed by atoms with E-state index in [4.69, 9.17) is 18.9 Å². The van der Waals surface area contributed by atoms with Crippen molar-refractivity contribution >= 4 is 35.0 Å². The zero-order valence-electron chi connectivity index (χ0n) is 25.0. The monoisotopic (exact) mass is 638 g/mol. The first-order chi connectivity index (χ1) is 21.7. The summed E-state index contributed by atoms with van der Waals surface area (Å²) >= 11 is 0. The Morgan fingerprint density at radius 2 is 1.04 bits per heavy atom. The minimum atomic E-state index is -2.42. The Labute approximate surface area is 260 Å². The smallest absolute Gasteiger partial charge is 0.358 e. The van der Waals surface area contributed by atoms with Crippen LogP contribution in [-0.4, -0.2) is 91.8 Å². The van der Waals surface area contributed by atoms with E-state index >= 15 is 0 Å². The number of rotatable bonds is 3. The third kappa shape index (κ3) is 3.70. The van der Waals surface area contributed by atoms with Crippen molar-refractivity contribution in [3.8, 4) is 34.1 Å². The number of ketones is 2. The summed E-state index contributed by atoms with van der Waals surface area (Å²) < 4.78 is 21.5. The van der Waals surface area contributed by atoms with Gasteiger partial charge in [0.2, 0.25) is 0 Å². The third-order valence-corrected chi connectivity index (χ3v) is 9.26. The lowest BCUT2D eigenvalue weighted by molar-refractivity contribution is -0.173. The average molecular weight is 639 g/mol. The molecular weight excluding hydrogens is 608 g/mol. The highest BCUT2D eigenvalue weighted by Gasteiger charge is 2.64. The number of benzene rings is 2. The Bertz CT molecular complexity index is 1690. The van der Waals surface area contributed by atoms with Crippen LogP contribution in [0.5, 0.6) is 23.0 Å². The quantitative estimate of drug-likeness (QED) is 0.264. The molecule has 6 atom stereocenters. The van der Waals surface area contributed by atoms with Gasteiger partial charge in [-0.1, -0.05) is 13.8 Å². The molecule has 14 heteroatoms. The number of esters is 2. The largest absolute Gasteiger partial charge is 0.506 e. The van der Waals surface area contributed by atoms with Gasteiger partial charge >= 0.3 is 11.9 Å². The standard InChI is InChI=1S/C32H30O14/c1-11-9-15(33)21-25(37)19-17(45-31(21,27(11)39)29(41)43-3)7-5-13(23(19)35)14-6-8-18-20(24(14)36)26(38)22-16(34)10-12(2)28(40)32(22,46-18)30(42)44-4/h5-8,11-12,27-28,35-40H,9-10H2,1-4H3/t11-,12+,27?,28?,31?,32?. The lowest BCUT2D eigenvalue weighted by Gasteiger charge is -2.45. The molecule has 14 nitrogen and oxygen atoms in total. The van der Waals surface area contributed by atoms with Gasteiger partial charge in [-0.05, 0) is 36.1 Å². The fraction of sp³-hybridized carbons (Fsp3) is 0.375. The summed E-state index contributed by atoms with van der Waals surface area (Å²) in [6.07, 6.45) is -3.72. The van der Waals surface area contributed by atoms with Crippen molar-refractivity contribution in [3.63, 3.8) is 0 Å². The predicted octanol–water partition coefficient (Wildman–Crippen LogP) is 1.85. The lowest BCUT2D eigenvalue weighted by atomic mass is 9.69. The SMILES string of the molecule is COC(=O)C12Oc3ccc(-c4ccc5c(c4O)C(O)=C4C(=O)C[C@H](C)C(O)C4(C(=O)OC)O5)c(O)c3C(O)=C1C(=O)C[C@@H](C)C2O. The topological polar surface area (TPSA) is 227 Å². The summed E-state index contributed by atoms with van der Waals surface area (Å²) in [6, 6.07) is 4.92. The van der Waals surface area contributed by atoms with Crippen molar-refractivity contribution in [1.29, 1.82) is 0 Å². The highest BCUT2D eigenvalue weighted by Crippen LogP contribution is 2.55. The van der Waals surface area contributed by atoms with Crippen LogP contribution in [-0.2, 0) is 28.7 Å². The molecule has 2 aromatic carbocycles. The van der Waals surface area contributed by atoms with Gasteiger partial charge in [-0.2, -0.15) is 0 Å². The highest BCUT2D eigenvalue weighted by molar-refractivity contribution is 6.14. The van der Waals surface area contributed by atoms with E-state index in [1.807, 2.05) is 0 Å². The van der Waals surface area contributed by atoms with Crippen LogP contribution in [0.25, 0.3) is 22.6 Å². The van der Waals surface area contributed by atoms with Gasteiger partial charge in [-0.25, -0.2) is 9.59 Å². The summed E-state index contributed by atoms with van der Waals surface area (Å²) in [5.41, 5.74) is -7.25. The van der Waals surface area contributed by atoms with E-state index in [9.17, 15) is 49.8 Å². The van der Waals surface area contributed by atoms with Crippen LogP contribution in [0, 0.1) is 11.8 Å². The van der Waals surface area contributed by atoms with Gasteiger partial charge in [0.05, 0.1) is 25.4 Å². The number of carbonyl (C=O) groups is 4. The first kappa shape index (κ1) is 30.9. The summed E-state index contributed by atoms with van der Waals surface area (Å²) in [5.74, 6) is -9.01. The number of phenols is 2. The molecule has 4 unspecified atom stereocenters. The van der Waals surface area contributed by atoms with Gasteiger partial charge in [0, 0.05) is 24.0 Å². The van der Waals surface area contributed by atoms with Crippen LogP contribution < -0.4 is 9.47 Å². The Hall–Kier alpha value is -5.08. The van der Waals surface area contributed by atoms with Gasteiger partial charge < -0.3 is 49.6 Å². The number of aliphatic hydroxyl groups is 4. The molecule has 6 rings (SSSR count). The second-order valence-corrected chi connectivity index (χ2v) is 11.9. The van der Waals surface area contributed by atoms with E-state index in [1.54, 1.807) is 0 Å². The number of phenolic OH excluding ortho intramolecular Hbond substituents is 2. The van der Waals surface area contributed by atoms with Crippen molar-refractivity contribution in [1.82, 2.24) is 0 Å². The molecule has 2 aliphatic carbocycles. The Kier molecular flexibility index (Phi) is 6.87. The van der Waals surface area contributed by atoms with Crippen molar-refractivity contribution < 1.29 is 68.8 Å². The molecule has 2 aromatic rings. The van der Waals surface area contributed by atoms with Crippen LogP contribution >= 0.6 is 0 Å². The van der Waals surface area contributed by atoms with Gasteiger partial charge in [-0.3, -0.25) is 9.59 Å². The number of hydrogen-bond acceptors (Lipinski definition) is 14.